The smallest absolute Gasteiger partial charge is 0.311 e. The maximum atomic E-state index is 12.1. The van der Waals surface area contributed by atoms with E-state index in [0.29, 0.717) is 23.4 Å². The first-order valence-electron chi connectivity index (χ1n) is 6.23. The van der Waals surface area contributed by atoms with Crippen LogP contribution in [0.5, 0.6) is 0 Å². The van der Waals surface area contributed by atoms with Crippen LogP contribution >= 0.6 is 11.6 Å². The number of halogens is 1. The van der Waals surface area contributed by atoms with Gasteiger partial charge in [0.2, 0.25) is 0 Å². The second-order valence-corrected chi connectivity index (χ2v) is 5.59. The van der Waals surface area contributed by atoms with Crippen molar-refractivity contribution in [3.8, 4) is 0 Å². The van der Waals surface area contributed by atoms with Crippen molar-refractivity contribution in [2.24, 2.45) is 5.41 Å². The fraction of sp³-hybridized carbons (Fsp3) is 0.429. The average Bonchev–Trinajstić information content (AvgIpc) is 2.72. The van der Waals surface area contributed by atoms with Crippen molar-refractivity contribution >= 4 is 23.5 Å². The Morgan fingerprint density at radius 3 is 2.84 bits per heavy atom. The molecular formula is C14H16ClNO3. The van der Waals surface area contributed by atoms with Gasteiger partial charge in [-0.05, 0) is 38.0 Å². The summed E-state index contributed by atoms with van der Waals surface area (Å²) < 4.78 is 0. The number of hydrogen-bond acceptors (Lipinski definition) is 2. The molecule has 0 aromatic heterocycles. The zero-order chi connectivity index (χ0) is 14.0. The number of carboxylic acids is 1. The largest absolute Gasteiger partial charge is 0.481 e. The van der Waals surface area contributed by atoms with Gasteiger partial charge in [-0.25, -0.2) is 0 Å². The molecule has 0 radical (unpaired) electrons. The lowest BCUT2D eigenvalue weighted by molar-refractivity contribution is -0.148. The summed E-state index contributed by atoms with van der Waals surface area (Å²) >= 11 is 5.84. The maximum absolute atomic E-state index is 12.1. The fourth-order valence-electron chi connectivity index (χ4n) is 2.52. The van der Waals surface area contributed by atoms with Gasteiger partial charge in [0.15, 0.2) is 0 Å². The van der Waals surface area contributed by atoms with Crippen molar-refractivity contribution in [2.75, 3.05) is 0 Å². The van der Waals surface area contributed by atoms with Crippen LogP contribution in [0.4, 0.5) is 0 Å². The summed E-state index contributed by atoms with van der Waals surface area (Å²) in [7, 11) is 0. The van der Waals surface area contributed by atoms with Crippen LogP contribution in [0.15, 0.2) is 24.3 Å². The van der Waals surface area contributed by atoms with Gasteiger partial charge in [0.1, 0.15) is 0 Å². The molecule has 1 aromatic carbocycles. The van der Waals surface area contributed by atoms with Gasteiger partial charge in [0.25, 0.3) is 5.91 Å². The summed E-state index contributed by atoms with van der Waals surface area (Å²) in [6.07, 6.45) is 2.08. The van der Waals surface area contributed by atoms with Gasteiger partial charge in [-0.3, -0.25) is 9.59 Å². The Hall–Kier alpha value is -1.55. The molecule has 1 aliphatic carbocycles. The molecule has 5 heteroatoms. The summed E-state index contributed by atoms with van der Waals surface area (Å²) in [5, 5.41) is 12.6. The van der Waals surface area contributed by atoms with E-state index in [4.69, 9.17) is 11.6 Å². The molecular weight excluding hydrogens is 266 g/mol. The molecule has 0 saturated heterocycles. The molecule has 2 unspecified atom stereocenters. The third-order valence-corrected chi connectivity index (χ3v) is 4.07. The van der Waals surface area contributed by atoms with E-state index in [1.807, 2.05) is 0 Å². The number of amides is 1. The Kier molecular flexibility index (Phi) is 3.80. The fourth-order valence-corrected chi connectivity index (χ4v) is 2.72. The lowest BCUT2D eigenvalue weighted by Crippen LogP contribution is -2.47. The SMILES string of the molecule is CC1(C(=O)O)CCCC1NC(=O)c1cccc(Cl)c1. The molecule has 0 aliphatic heterocycles. The first-order chi connectivity index (χ1) is 8.93. The highest BCUT2D eigenvalue weighted by Gasteiger charge is 2.45. The van der Waals surface area contributed by atoms with Crippen molar-refractivity contribution in [2.45, 2.75) is 32.2 Å². The normalized spacial score (nSPS) is 26.1. The van der Waals surface area contributed by atoms with E-state index < -0.39 is 11.4 Å². The minimum absolute atomic E-state index is 0.276. The Labute approximate surface area is 116 Å². The lowest BCUT2D eigenvalue weighted by atomic mass is 9.85. The molecule has 0 spiro atoms. The lowest BCUT2D eigenvalue weighted by Gasteiger charge is -2.27. The second-order valence-electron chi connectivity index (χ2n) is 5.15. The van der Waals surface area contributed by atoms with E-state index in [9.17, 15) is 14.7 Å². The van der Waals surface area contributed by atoms with E-state index in [0.717, 1.165) is 6.42 Å². The van der Waals surface area contributed by atoms with E-state index >= 15 is 0 Å². The van der Waals surface area contributed by atoms with E-state index in [-0.39, 0.29) is 11.9 Å². The molecule has 0 bridgehead atoms. The van der Waals surface area contributed by atoms with Gasteiger partial charge in [0.05, 0.1) is 5.41 Å². The van der Waals surface area contributed by atoms with Gasteiger partial charge >= 0.3 is 5.97 Å². The number of benzene rings is 1. The van der Waals surface area contributed by atoms with Gasteiger partial charge in [-0.1, -0.05) is 24.1 Å². The summed E-state index contributed by atoms with van der Waals surface area (Å²) in [5.74, 6) is -1.14. The van der Waals surface area contributed by atoms with Crippen LogP contribution in [-0.4, -0.2) is 23.0 Å². The summed E-state index contributed by atoms with van der Waals surface area (Å²) in [4.78, 5) is 23.4. The standard InChI is InChI=1S/C14H16ClNO3/c1-14(13(18)19)7-3-6-11(14)16-12(17)9-4-2-5-10(15)8-9/h2,4-5,8,11H,3,6-7H2,1H3,(H,16,17)(H,18,19). The second kappa shape index (κ2) is 5.21. The first kappa shape index (κ1) is 13.9. The highest BCUT2D eigenvalue weighted by Crippen LogP contribution is 2.38. The summed E-state index contributed by atoms with van der Waals surface area (Å²) in [6, 6.07) is 6.28. The zero-order valence-corrected chi connectivity index (χ0v) is 11.4. The number of rotatable bonds is 3. The van der Waals surface area contributed by atoms with Gasteiger partial charge in [-0.15, -0.1) is 0 Å². The molecule has 1 aromatic rings. The van der Waals surface area contributed by atoms with Crippen molar-refractivity contribution in [1.82, 2.24) is 5.32 Å². The van der Waals surface area contributed by atoms with Crippen LogP contribution in [0.1, 0.15) is 36.5 Å². The van der Waals surface area contributed by atoms with Crippen molar-refractivity contribution in [3.05, 3.63) is 34.9 Å². The minimum atomic E-state index is -0.881. The number of carboxylic acid groups (broad SMARTS) is 1. The number of carbonyl (C=O) groups excluding carboxylic acids is 1. The molecule has 1 saturated carbocycles. The number of hydrogen-bond donors (Lipinski definition) is 2. The summed E-state index contributed by atoms with van der Waals surface area (Å²) in [6.45, 7) is 1.69. The third kappa shape index (κ3) is 2.73. The average molecular weight is 282 g/mol. The molecule has 1 fully saturated rings. The van der Waals surface area contributed by atoms with Crippen LogP contribution in [0, 0.1) is 5.41 Å². The highest BCUT2D eigenvalue weighted by atomic mass is 35.5. The van der Waals surface area contributed by atoms with Crippen LogP contribution in [0.3, 0.4) is 0 Å². The van der Waals surface area contributed by atoms with E-state index in [1.54, 1.807) is 31.2 Å². The van der Waals surface area contributed by atoms with Gasteiger partial charge in [-0.2, -0.15) is 0 Å². The number of nitrogens with one attached hydrogen (secondary N) is 1. The van der Waals surface area contributed by atoms with Crippen LogP contribution < -0.4 is 5.32 Å². The Balaban J connectivity index is 2.13. The monoisotopic (exact) mass is 281 g/mol. The Morgan fingerprint density at radius 2 is 2.21 bits per heavy atom. The number of carbonyl (C=O) groups is 2. The Morgan fingerprint density at radius 1 is 1.47 bits per heavy atom. The molecule has 4 nitrogen and oxygen atoms in total. The third-order valence-electron chi connectivity index (χ3n) is 3.84. The van der Waals surface area contributed by atoms with Crippen molar-refractivity contribution in [1.29, 1.82) is 0 Å². The van der Waals surface area contributed by atoms with E-state index in [1.165, 1.54) is 0 Å². The van der Waals surface area contributed by atoms with Crippen molar-refractivity contribution in [3.63, 3.8) is 0 Å². The molecule has 2 N–H and O–H groups in total. The minimum Gasteiger partial charge on any atom is -0.481 e. The van der Waals surface area contributed by atoms with Crippen molar-refractivity contribution < 1.29 is 14.7 Å². The molecule has 2 atom stereocenters. The molecule has 1 amide bonds. The molecule has 102 valence electrons. The predicted molar refractivity (Wildman–Crippen MR) is 72.3 cm³/mol. The highest BCUT2D eigenvalue weighted by molar-refractivity contribution is 6.30. The van der Waals surface area contributed by atoms with Crippen LogP contribution in [0.25, 0.3) is 0 Å². The summed E-state index contributed by atoms with van der Waals surface area (Å²) in [5.41, 5.74) is -0.430. The van der Waals surface area contributed by atoms with Crippen LogP contribution in [0.2, 0.25) is 5.02 Å². The molecule has 2 rings (SSSR count). The van der Waals surface area contributed by atoms with Gasteiger partial charge in [0, 0.05) is 16.6 Å². The molecule has 0 heterocycles. The zero-order valence-electron chi connectivity index (χ0n) is 10.6. The first-order valence-corrected chi connectivity index (χ1v) is 6.61. The van der Waals surface area contributed by atoms with Gasteiger partial charge < -0.3 is 10.4 Å². The quantitative estimate of drug-likeness (QED) is 0.895. The molecule has 19 heavy (non-hydrogen) atoms. The number of aliphatic carboxylic acids is 1. The predicted octanol–water partition coefficient (Wildman–Crippen LogP) is 2.71. The maximum Gasteiger partial charge on any atom is 0.311 e. The Bertz CT molecular complexity index is 517. The topological polar surface area (TPSA) is 66.4 Å². The van der Waals surface area contributed by atoms with Crippen LogP contribution in [-0.2, 0) is 4.79 Å². The molecule has 1 aliphatic rings. The van der Waals surface area contributed by atoms with E-state index in [2.05, 4.69) is 5.32 Å².